The minimum atomic E-state index is -0.430. The highest BCUT2D eigenvalue weighted by Crippen LogP contribution is 2.26. The van der Waals surface area contributed by atoms with E-state index in [2.05, 4.69) is 19.1 Å². The predicted octanol–water partition coefficient (Wildman–Crippen LogP) is 8.54. The van der Waals surface area contributed by atoms with Crippen LogP contribution in [0.25, 0.3) is 0 Å². The summed E-state index contributed by atoms with van der Waals surface area (Å²) in [5, 5.41) is 1.41. The van der Waals surface area contributed by atoms with Crippen molar-refractivity contribution in [2.75, 3.05) is 6.61 Å². The zero-order valence-corrected chi connectivity index (χ0v) is 18.6. The van der Waals surface area contributed by atoms with Crippen molar-refractivity contribution in [3.05, 3.63) is 28.5 Å². The van der Waals surface area contributed by atoms with Crippen LogP contribution in [0.2, 0.25) is 0 Å². The molecule has 1 aromatic rings. The van der Waals surface area contributed by atoms with Crippen LogP contribution in [0.3, 0.4) is 0 Å². The fraction of sp³-hybridized carbons (Fsp3) is 0.696. The van der Waals surface area contributed by atoms with Crippen molar-refractivity contribution < 1.29 is 9.53 Å². The SMILES string of the molecule is CCCCCCCCC=CCCCCCCCCOc1ccsc1C(=O)Cl. The molecule has 0 atom stereocenters. The molecule has 1 aromatic heterocycles. The zero-order chi connectivity index (χ0) is 19.6. The van der Waals surface area contributed by atoms with Crippen LogP contribution >= 0.6 is 22.9 Å². The zero-order valence-electron chi connectivity index (χ0n) is 17.0. The van der Waals surface area contributed by atoms with E-state index in [-0.39, 0.29) is 0 Å². The second-order valence-corrected chi connectivity index (χ2v) is 8.43. The molecule has 0 aliphatic heterocycles. The van der Waals surface area contributed by atoms with E-state index in [1.165, 1.54) is 94.8 Å². The van der Waals surface area contributed by atoms with Gasteiger partial charge in [0.25, 0.3) is 5.24 Å². The maximum absolute atomic E-state index is 11.2. The number of rotatable bonds is 18. The van der Waals surface area contributed by atoms with Crippen LogP contribution < -0.4 is 4.74 Å². The number of carbonyl (C=O) groups is 1. The van der Waals surface area contributed by atoms with E-state index >= 15 is 0 Å². The molecule has 4 heteroatoms. The molecule has 0 aliphatic rings. The molecule has 1 heterocycles. The quantitative estimate of drug-likeness (QED) is 0.137. The summed E-state index contributed by atoms with van der Waals surface area (Å²) in [4.78, 5) is 11.7. The molecule has 0 N–H and O–H groups in total. The van der Waals surface area contributed by atoms with Gasteiger partial charge in [0, 0.05) is 0 Å². The van der Waals surface area contributed by atoms with Crippen LogP contribution in [0.4, 0.5) is 0 Å². The Morgan fingerprint density at radius 3 is 2.07 bits per heavy atom. The highest BCUT2D eigenvalue weighted by Gasteiger charge is 2.11. The molecule has 0 bridgehead atoms. The van der Waals surface area contributed by atoms with Gasteiger partial charge in [-0.25, -0.2) is 0 Å². The normalized spacial score (nSPS) is 11.3. The Morgan fingerprint density at radius 1 is 0.926 bits per heavy atom. The minimum Gasteiger partial charge on any atom is -0.492 e. The first-order valence-corrected chi connectivity index (χ1v) is 12.1. The smallest absolute Gasteiger partial charge is 0.266 e. The number of hydrogen-bond acceptors (Lipinski definition) is 3. The molecule has 0 saturated heterocycles. The lowest BCUT2D eigenvalue weighted by atomic mass is 10.1. The van der Waals surface area contributed by atoms with Gasteiger partial charge < -0.3 is 4.74 Å². The summed E-state index contributed by atoms with van der Waals surface area (Å²) in [6, 6.07) is 1.82. The Morgan fingerprint density at radius 2 is 1.48 bits per heavy atom. The number of ether oxygens (including phenoxy) is 1. The number of halogens is 1. The molecule has 0 fully saturated rings. The molecule has 27 heavy (non-hydrogen) atoms. The highest BCUT2D eigenvalue weighted by atomic mass is 35.5. The lowest BCUT2D eigenvalue weighted by molar-refractivity contribution is 0.108. The molecule has 2 nitrogen and oxygen atoms in total. The molecule has 0 amide bonds. The Balaban J connectivity index is 1.83. The second-order valence-electron chi connectivity index (χ2n) is 7.17. The first kappa shape index (κ1) is 24.2. The van der Waals surface area contributed by atoms with Gasteiger partial charge >= 0.3 is 0 Å². The number of unbranched alkanes of at least 4 members (excludes halogenated alkanes) is 12. The first-order valence-electron chi connectivity index (χ1n) is 10.8. The summed E-state index contributed by atoms with van der Waals surface area (Å²) in [7, 11) is 0. The molecule has 0 saturated carbocycles. The molecule has 154 valence electrons. The summed E-state index contributed by atoms with van der Waals surface area (Å²) in [5.74, 6) is 0.632. The molecular weight excluding hydrogens is 376 g/mol. The number of thiophene rings is 1. The molecule has 0 spiro atoms. The van der Waals surface area contributed by atoms with Crippen LogP contribution in [0.1, 0.15) is 106 Å². The Kier molecular flexibility index (Phi) is 15.5. The third-order valence-electron chi connectivity index (χ3n) is 4.72. The molecule has 0 aliphatic carbocycles. The summed E-state index contributed by atoms with van der Waals surface area (Å²) < 4.78 is 5.65. The third kappa shape index (κ3) is 13.1. The van der Waals surface area contributed by atoms with E-state index in [4.69, 9.17) is 16.3 Å². The van der Waals surface area contributed by atoms with Gasteiger partial charge in [-0.05, 0) is 55.2 Å². The van der Waals surface area contributed by atoms with Gasteiger partial charge in [-0.15, -0.1) is 11.3 Å². The summed E-state index contributed by atoms with van der Waals surface area (Å²) >= 11 is 6.85. The molecule has 0 radical (unpaired) electrons. The standard InChI is InChI=1S/C23H37ClO2S/c1-2-3-4-5-6-7-8-9-10-11-12-13-14-15-16-17-19-26-21-18-20-27-22(21)23(24)25/h9-10,18,20H,2-8,11-17,19H2,1H3. The minimum absolute atomic E-state index is 0.430. The van der Waals surface area contributed by atoms with Gasteiger partial charge in [0.2, 0.25) is 0 Å². The number of carbonyl (C=O) groups excluding carboxylic acids is 1. The predicted molar refractivity (Wildman–Crippen MR) is 119 cm³/mol. The van der Waals surface area contributed by atoms with Crippen molar-refractivity contribution in [1.82, 2.24) is 0 Å². The van der Waals surface area contributed by atoms with Crippen molar-refractivity contribution in [3.8, 4) is 5.75 Å². The molecule has 1 rings (SSSR count). The van der Waals surface area contributed by atoms with Crippen molar-refractivity contribution >= 4 is 28.2 Å². The molecular formula is C23H37ClO2S. The van der Waals surface area contributed by atoms with E-state index in [9.17, 15) is 4.79 Å². The topological polar surface area (TPSA) is 26.3 Å². The third-order valence-corrected chi connectivity index (χ3v) is 5.92. The fourth-order valence-corrected chi connectivity index (χ4v) is 3.98. The van der Waals surface area contributed by atoms with Crippen molar-refractivity contribution in [3.63, 3.8) is 0 Å². The lowest BCUT2D eigenvalue weighted by Gasteiger charge is -2.05. The number of allylic oxidation sites excluding steroid dienone is 2. The Hall–Kier alpha value is -0.800. The maximum atomic E-state index is 11.2. The summed E-state index contributed by atoms with van der Waals surface area (Å²) in [6.07, 6.45) is 22.9. The fourth-order valence-electron chi connectivity index (χ4n) is 3.09. The van der Waals surface area contributed by atoms with Gasteiger partial charge in [-0.2, -0.15) is 0 Å². The maximum Gasteiger partial charge on any atom is 0.266 e. The second kappa shape index (κ2) is 17.3. The van der Waals surface area contributed by atoms with Crippen molar-refractivity contribution in [2.24, 2.45) is 0 Å². The molecule has 0 aromatic carbocycles. The monoisotopic (exact) mass is 412 g/mol. The van der Waals surface area contributed by atoms with Crippen molar-refractivity contribution in [2.45, 2.75) is 96.8 Å². The van der Waals surface area contributed by atoms with E-state index in [1.54, 1.807) is 0 Å². The van der Waals surface area contributed by atoms with Crippen LogP contribution in [0.5, 0.6) is 5.75 Å². The van der Waals surface area contributed by atoms with Crippen LogP contribution in [-0.4, -0.2) is 11.8 Å². The van der Waals surface area contributed by atoms with Gasteiger partial charge in [-0.3, -0.25) is 4.79 Å². The average Bonchev–Trinajstić information content (AvgIpc) is 3.13. The van der Waals surface area contributed by atoms with E-state index in [0.717, 1.165) is 6.42 Å². The van der Waals surface area contributed by atoms with Gasteiger partial charge in [0.1, 0.15) is 10.6 Å². The Labute approximate surface area is 175 Å². The largest absolute Gasteiger partial charge is 0.492 e. The van der Waals surface area contributed by atoms with Gasteiger partial charge in [0.05, 0.1) is 6.61 Å². The van der Waals surface area contributed by atoms with Gasteiger partial charge in [-0.1, -0.05) is 76.9 Å². The molecule has 0 unspecified atom stereocenters. The van der Waals surface area contributed by atoms with E-state index < -0.39 is 5.24 Å². The van der Waals surface area contributed by atoms with Crippen LogP contribution in [0.15, 0.2) is 23.6 Å². The van der Waals surface area contributed by atoms with Gasteiger partial charge in [0.15, 0.2) is 0 Å². The highest BCUT2D eigenvalue weighted by molar-refractivity contribution is 7.14. The van der Waals surface area contributed by atoms with Crippen molar-refractivity contribution in [1.29, 1.82) is 0 Å². The Bertz CT molecular complexity index is 510. The van der Waals surface area contributed by atoms with E-state index in [0.29, 0.717) is 17.2 Å². The van der Waals surface area contributed by atoms with Crippen LogP contribution in [-0.2, 0) is 0 Å². The van der Waals surface area contributed by atoms with E-state index in [1.807, 2.05) is 11.4 Å². The summed E-state index contributed by atoms with van der Waals surface area (Å²) in [5.41, 5.74) is 0. The lowest BCUT2D eigenvalue weighted by Crippen LogP contribution is -1.99. The summed E-state index contributed by atoms with van der Waals surface area (Å²) in [6.45, 7) is 2.93. The number of hydrogen-bond donors (Lipinski definition) is 0. The average molecular weight is 413 g/mol. The first-order chi connectivity index (χ1) is 13.3. The van der Waals surface area contributed by atoms with Crippen LogP contribution in [0, 0.1) is 0 Å².